The van der Waals surface area contributed by atoms with Crippen molar-refractivity contribution in [1.82, 2.24) is 9.47 Å². The van der Waals surface area contributed by atoms with Crippen LogP contribution < -0.4 is 0 Å². The van der Waals surface area contributed by atoms with Gasteiger partial charge in [0.15, 0.2) is 0 Å². The summed E-state index contributed by atoms with van der Waals surface area (Å²) in [4.78, 5) is 12.8. The van der Waals surface area contributed by atoms with E-state index in [0.29, 0.717) is 63.6 Å². The zero-order valence-corrected chi connectivity index (χ0v) is 20.5. The third-order valence-electron chi connectivity index (χ3n) is 6.66. The maximum absolute atomic E-state index is 13.2. The molecule has 2 N–H and O–H groups in total. The van der Waals surface area contributed by atoms with Gasteiger partial charge in [0.05, 0.1) is 22.6 Å². The molecule has 1 atom stereocenters. The molecular formula is C25H25Cl2F3N2O3. The molecule has 1 unspecified atom stereocenters. The van der Waals surface area contributed by atoms with Crippen LogP contribution in [0.2, 0.25) is 10.0 Å². The van der Waals surface area contributed by atoms with E-state index in [4.69, 9.17) is 28.3 Å². The number of likely N-dealkylation sites (tertiary alicyclic amines) is 1. The number of aliphatic carboxylic acids is 1. The van der Waals surface area contributed by atoms with Crippen LogP contribution in [-0.4, -0.2) is 38.7 Å². The summed E-state index contributed by atoms with van der Waals surface area (Å²) in [6.45, 7) is 2.92. The van der Waals surface area contributed by atoms with Crippen LogP contribution in [0.15, 0.2) is 36.5 Å². The second-order valence-corrected chi connectivity index (χ2v) is 9.84. The van der Waals surface area contributed by atoms with Crippen LogP contribution in [0.5, 0.6) is 0 Å². The molecule has 1 aliphatic heterocycles. The minimum Gasteiger partial charge on any atom is -0.481 e. The largest absolute Gasteiger partial charge is 0.481 e. The number of halogens is 5. The molecule has 2 heterocycles. The summed E-state index contributed by atoms with van der Waals surface area (Å²) in [6.07, 6.45) is -2.28. The normalized spacial score (nSPS) is 16.7. The number of fused-ring (bicyclic) bond motifs is 1. The molecule has 1 saturated heterocycles. The third kappa shape index (κ3) is 5.45. The zero-order chi connectivity index (χ0) is 25.5. The van der Waals surface area contributed by atoms with Crippen molar-refractivity contribution in [3.8, 4) is 0 Å². The van der Waals surface area contributed by atoms with Crippen molar-refractivity contribution in [2.45, 2.75) is 45.1 Å². The number of benzene rings is 2. The van der Waals surface area contributed by atoms with Gasteiger partial charge >= 0.3 is 12.1 Å². The topological polar surface area (TPSA) is 65.7 Å². The smallest absolute Gasteiger partial charge is 0.416 e. The molecular weight excluding hydrogens is 504 g/mol. The molecule has 10 heteroatoms. The van der Waals surface area contributed by atoms with Crippen LogP contribution >= 0.6 is 23.2 Å². The molecule has 0 saturated carbocycles. The number of aromatic nitrogens is 1. The van der Waals surface area contributed by atoms with E-state index in [9.17, 15) is 23.1 Å². The molecule has 2 aromatic carbocycles. The van der Waals surface area contributed by atoms with Gasteiger partial charge in [0.25, 0.3) is 0 Å². The van der Waals surface area contributed by atoms with Crippen molar-refractivity contribution in [2.75, 3.05) is 13.1 Å². The standard InChI is InChI=1S/C25H25Cl2F3N2O3/c1-14-10-17(25(28,29)30)12-16-6-9-32(23(14)16)13-19-20(26)3-2-18(22(19)27)24(35)31-7-4-15(5-8-31)11-21(33)34/h2-3,6,9-10,12,15,24,35H,4-5,7-8,11,13H2,1H3,(H,33,34). The highest BCUT2D eigenvalue weighted by Gasteiger charge is 2.32. The first-order valence-electron chi connectivity index (χ1n) is 11.2. The van der Waals surface area contributed by atoms with Crippen LogP contribution in [0.4, 0.5) is 13.2 Å². The van der Waals surface area contributed by atoms with Crippen molar-refractivity contribution in [3.63, 3.8) is 0 Å². The Labute approximate surface area is 210 Å². The molecule has 35 heavy (non-hydrogen) atoms. The maximum Gasteiger partial charge on any atom is 0.416 e. The Morgan fingerprint density at radius 2 is 1.86 bits per heavy atom. The van der Waals surface area contributed by atoms with Gasteiger partial charge in [-0.15, -0.1) is 0 Å². The molecule has 5 nitrogen and oxygen atoms in total. The lowest BCUT2D eigenvalue weighted by atomic mass is 9.93. The second-order valence-electron chi connectivity index (χ2n) is 9.05. The Bertz CT molecular complexity index is 1250. The van der Waals surface area contributed by atoms with Gasteiger partial charge < -0.3 is 14.8 Å². The first-order valence-corrected chi connectivity index (χ1v) is 12.0. The number of aliphatic hydroxyl groups excluding tert-OH is 1. The quantitative estimate of drug-likeness (QED) is 0.383. The fourth-order valence-electron chi connectivity index (χ4n) is 4.84. The highest BCUT2D eigenvalue weighted by Crippen LogP contribution is 2.37. The predicted octanol–water partition coefficient (Wildman–Crippen LogP) is 6.50. The molecule has 1 aromatic heterocycles. The lowest BCUT2D eigenvalue weighted by Gasteiger charge is -2.35. The summed E-state index contributed by atoms with van der Waals surface area (Å²) in [5, 5.41) is 21.2. The fraction of sp³-hybridized carbons (Fsp3) is 0.400. The summed E-state index contributed by atoms with van der Waals surface area (Å²) >= 11 is 13.2. The van der Waals surface area contributed by atoms with Gasteiger partial charge in [-0.05, 0) is 55.5 Å². The number of nitrogens with zero attached hydrogens (tertiary/aromatic N) is 2. The van der Waals surface area contributed by atoms with E-state index in [-0.39, 0.29) is 18.9 Å². The fourth-order valence-corrected chi connectivity index (χ4v) is 5.43. The van der Waals surface area contributed by atoms with Crippen molar-refractivity contribution in [1.29, 1.82) is 0 Å². The number of hydrogen-bond acceptors (Lipinski definition) is 3. The molecule has 0 bridgehead atoms. The number of carboxylic acids is 1. The van der Waals surface area contributed by atoms with Gasteiger partial charge in [-0.2, -0.15) is 13.2 Å². The number of carboxylic acid groups (broad SMARTS) is 1. The van der Waals surface area contributed by atoms with E-state index in [2.05, 4.69) is 0 Å². The molecule has 0 amide bonds. The van der Waals surface area contributed by atoms with Crippen molar-refractivity contribution in [2.24, 2.45) is 5.92 Å². The summed E-state index contributed by atoms with van der Waals surface area (Å²) in [7, 11) is 0. The SMILES string of the molecule is Cc1cc(C(F)(F)F)cc2ccn(Cc3c(Cl)ccc(C(O)N4CCC(CC(=O)O)CC4)c3Cl)c12. The Morgan fingerprint density at radius 1 is 1.17 bits per heavy atom. The van der Waals surface area contributed by atoms with Crippen LogP contribution in [0.1, 0.15) is 47.7 Å². The lowest BCUT2D eigenvalue weighted by Crippen LogP contribution is -2.37. The van der Waals surface area contributed by atoms with Gasteiger partial charge in [0.1, 0.15) is 6.23 Å². The number of hydrogen-bond donors (Lipinski definition) is 2. The molecule has 188 valence electrons. The van der Waals surface area contributed by atoms with Crippen molar-refractivity contribution in [3.05, 3.63) is 68.8 Å². The van der Waals surface area contributed by atoms with E-state index in [0.717, 1.165) is 12.1 Å². The number of aryl methyl sites for hydroxylation is 1. The number of alkyl halides is 3. The number of rotatable bonds is 6. The summed E-state index contributed by atoms with van der Waals surface area (Å²) in [5.74, 6) is -0.743. The van der Waals surface area contributed by atoms with Crippen molar-refractivity contribution >= 4 is 40.1 Å². The van der Waals surface area contributed by atoms with E-state index >= 15 is 0 Å². The second kappa shape index (κ2) is 10.0. The average molecular weight is 529 g/mol. The van der Waals surface area contributed by atoms with Crippen LogP contribution in [0.25, 0.3) is 10.9 Å². The van der Waals surface area contributed by atoms with Gasteiger partial charge in [0.2, 0.25) is 0 Å². The molecule has 1 fully saturated rings. The zero-order valence-electron chi connectivity index (χ0n) is 18.9. The average Bonchev–Trinajstić information content (AvgIpc) is 3.19. The van der Waals surface area contributed by atoms with Crippen LogP contribution in [-0.2, 0) is 17.5 Å². The van der Waals surface area contributed by atoms with E-state index in [1.54, 1.807) is 35.9 Å². The molecule has 1 aliphatic rings. The van der Waals surface area contributed by atoms with Crippen LogP contribution in [0.3, 0.4) is 0 Å². The maximum atomic E-state index is 13.2. The Morgan fingerprint density at radius 3 is 2.49 bits per heavy atom. The van der Waals surface area contributed by atoms with E-state index < -0.39 is 23.9 Å². The molecule has 3 aromatic rings. The van der Waals surface area contributed by atoms with Gasteiger partial charge in [-0.25, -0.2) is 0 Å². The molecule has 0 radical (unpaired) electrons. The first-order chi connectivity index (χ1) is 16.5. The third-order valence-corrected chi connectivity index (χ3v) is 7.46. The van der Waals surface area contributed by atoms with Gasteiger partial charge in [-0.1, -0.05) is 29.3 Å². The predicted molar refractivity (Wildman–Crippen MR) is 129 cm³/mol. The van der Waals surface area contributed by atoms with Gasteiger partial charge in [-0.3, -0.25) is 9.69 Å². The minimum absolute atomic E-state index is 0.0790. The number of aliphatic hydroxyl groups is 1. The molecule has 0 aliphatic carbocycles. The highest BCUT2D eigenvalue weighted by atomic mass is 35.5. The highest BCUT2D eigenvalue weighted by molar-refractivity contribution is 6.36. The lowest BCUT2D eigenvalue weighted by molar-refractivity contribution is -0.139. The molecule has 4 rings (SSSR count). The summed E-state index contributed by atoms with van der Waals surface area (Å²) in [5.41, 5.74) is 1.47. The van der Waals surface area contributed by atoms with E-state index in [1.165, 1.54) is 0 Å². The summed E-state index contributed by atoms with van der Waals surface area (Å²) < 4.78 is 41.4. The first kappa shape index (κ1) is 25.8. The Balaban J connectivity index is 1.59. The molecule has 0 spiro atoms. The number of carbonyl (C=O) groups is 1. The van der Waals surface area contributed by atoms with Gasteiger partial charge in [0, 0.05) is 47.2 Å². The Hall–Kier alpha value is -2.26. The van der Waals surface area contributed by atoms with Crippen LogP contribution in [0, 0.1) is 12.8 Å². The van der Waals surface area contributed by atoms with Crippen molar-refractivity contribution < 1.29 is 28.2 Å². The summed E-state index contributed by atoms with van der Waals surface area (Å²) in [6, 6.07) is 7.18. The van der Waals surface area contributed by atoms with E-state index in [1.807, 2.05) is 4.90 Å². The Kier molecular flexibility index (Phi) is 7.38. The monoisotopic (exact) mass is 528 g/mol. The minimum atomic E-state index is -4.43. The number of piperidine rings is 1.